The quantitative estimate of drug-likeness (QED) is 0.423. The Balaban J connectivity index is 0.00000304. The minimum absolute atomic E-state index is 0. The van der Waals surface area contributed by atoms with Crippen molar-refractivity contribution in [3.05, 3.63) is 56.6 Å². The molecular weight excluding hydrogens is 509 g/mol. The van der Waals surface area contributed by atoms with E-state index in [9.17, 15) is 18.8 Å². The number of aryl methyl sites for hydroxylation is 1. The number of thiazole rings is 1. The predicted octanol–water partition coefficient (Wildman–Crippen LogP) is 2.75. The molecule has 1 aliphatic heterocycles. The summed E-state index contributed by atoms with van der Waals surface area (Å²) in [6.45, 7) is 2.76. The van der Waals surface area contributed by atoms with Gasteiger partial charge in [0.05, 0.1) is 17.7 Å². The van der Waals surface area contributed by atoms with Crippen LogP contribution in [0.5, 0.6) is 0 Å². The molecule has 1 fully saturated rings. The summed E-state index contributed by atoms with van der Waals surface area (Å²) in [6, 6.07) is 5.40. The highest BCUT2D eigenvalue weighted by Gasteiger charge is 2.23. The minimum atomic E-state index is -0.529. The highest BCUT2D eigenvalue weighted by atomic mass is 35.5. The molecule has 1 atom stereocenters. The molecule has 10 nitrogen and oxygen atoms in total. The van der Waals surface area contributed by atoms with Gasteiger partial charge in [0.1, 0.15) is 12.4 Å². The monoisotopic (exact) mass is 533 g/mol. The molecule has 4 heterocycles. The van der Waals surface area contributed by atoms with Crippen LogP contribution >= 0.6 is 23.7 Å². The Morgan fingerprint density at radius 1 is 1.25 bits per heavy atom. The molecule has 190 valence electrons. The molecule has 13 heteroatoms. The number of nitrogens with zero attached hydrogens (tertiary/aromatic N) is 6. The zero-order valence-corrected chi connectivity index (χ0v) is 21.5. The van der Waals surface area contributed by atoms with Crippen LogP contribution in [-0.2, 0) is 25.4 Å². The van der Waals surface area contributed by atoms with Gasteiger partial charge >= 0.3 is 5.69 Å². The van der Waals surface area contributed by atoms with Gasteiger partial charge in [-0.25, -0.2) is 19.2 Å². The zero-order chi connectivity index (χ0) is 24.9. The lowest BCUT2D eigenvalue weighted by Crippen LogP contribution is -2.37. The second kappa shape index (κ2) is 9.86. The molecule has 0 unspecified atom stereocenters. The van der Waals surface area contributed by atoms with Crippen LogP contribution in [0.2, 0.25) is 0 Å². The number of aromatic nitrogens is 5. The number of benzene rings is 1. The molecule has 0 saturated carbocycles. The molecule has 1 amide bonds. The van der Waals surface area contributed by atoms with Gasteiger partial charge in [-0.1, -0.05) is 6.07 Å². The molecule has 1 N–H and O–H groups in total. The van der Waals surface area contributed by atoms with Gasteiger partial charge in [0, 0.05) is 37.6 Å². The number of imidazole rings is 1. The van der Waals surface area contributed by atoms with Gasteiger partial charge < -0.3 is 14.8 Å². The Labute approximate surface area is 215 Å². The van der Waals surface area contributed by atoms with Gasteiger partial charge in [-0.3, -0.25) is 18.7 Å². The van der Waals surface area contributed by atoms with Crippen molar-refractivity contribution < 1.29 is 9.18 Å². The van der Waals surface area contributed by atoms with Gasteiger partial charge in [0.25, 0.3) is 5.56 Å². The number of hydrogen-bond donors (Lipinski definition) is 1. The minimum Gasteiger partial charge on any atom is -0.366 e. The van der Waals surface area contributed by atoms with E-state index < -0.39 is 17.2 Å². The standard InChI is InChI=1S/C23H24FN7O3S.ClH/c1-13-5-4-8-31(13)17-7-6-14(9-15(17)24)16-11-35-22(26-16)27-18(32)10-30-12-25-20-19(30)21(33)29(3)23(34)28(20)2;/h6-7,9,11-13H,4-5,8,10H2,1-3H3,(H,26,27,32);1H/t13-;/m0./s1. The number of halogens is 2. The van der Waals surface area contributed by atoms with Crippen LogP contribution in [0.25, 0.3) is 22.4 Å². The Morgan fingerprint density at radius 3 is 2.72 bits per heavy atom. The van der Waals surface area contributed by atoms with Crippen LogP contribution in [-0.4, -0.2) is 42.2 Å². The van der Waals surface area contributed by atoms with Gasteiger partial charge in [-0.2, -0.15) is 0 Å². The Morgan fingerprint density at radius 2 is 2.03 bits per heavy atom. The maximum Gasteiger partial charge on any atom is 0.332 e. The second-order valence-corrected chi connectivity index (χ2v) is 9.55. The number of carbonyl (C=O) groups is 1. The number of nitrogens with one attached hydrogen (secondary N) is 1. The molecule has 0 aliphatic carbocycles. The van der Waals surface area contributed by atoms with Crippen LogP contribution in [0.4, 0.5) is 15.2 Å². The molecule has 3 aromatic heterocycles. The first kappa shape index (κ1) is 25.6. The average Bonchev–Trinajstić information content (AvgIpc) is 3.57. The van der Waals surface area contributed by atoms with Crippen LogP contribution in [0.15, 0.2) is 39.5 Å². The molecule has 1 aliphatic rings. The highest BCUT2D eigenvalue weighted by Crippen LogP contribution is 2.32. The zero-order valence-electron chi connectivity index (χ0n) is 19.9. The molecule has 1 aromatic carbocycles. The fourth-order valence-electron chi connectivity index (χ4n) is 4.48. The number of anilines is 2. The van der Waals surface area contributed by atoms with Crippen molar-refractivity contribution in [1.82, 2.24) is 23.7 Å². The van der Waals surface area contributed by atoms with Crippen LogP contribution < -0.4 is 21.5 Å². The van der Waals surface area contributed by atoms with E-state index in [2.05, 4.69) is 27.1 Å². The van der Waals surface area contributed by atoms with Crippen molar-refractivity contribution in [2.24, 2.45) is 14.1 Å². The van der Waals surface area contributed by atoms with Crippen molar-refractivity contribution in [2.45, 2.75) is 32.4 Å². The van der Waals surface area contributed by atoms with E-state index in [0.717, 1.165) is 24.0 Å². The topological polar surface area (TPSA) is 107 Å². The van der Waals surface area contributed by atoms with Crippen molar-refractivity contribution >= 4 is 51.6 Å². The first-order chi connectivity index (χ1) is 16.7. The third-order valence-electron chi connectivity index (χ3n) is 6.39. The van der Waals surface area contributed by atoms with E-state index in [1.807, 2.05) is 6.07 Å². The molecule has 0 radical (unpaired) electrons. The fourth-order valence-corrected chi connectivity index (χ4v) is 5.22. The first-order valence-electron chi connectivity index (χ1n) is 11.2. The Bertz CT molecular complexity index is 1570. The van der Waals surface area contributed by atoms with Crippen molar-refractivity contribution in [3.63, 3.8) is 0 Å². The van der Waals surface area contributed by atoms with E-state index in [1.165, 1.54) is 47.0 Å². The molecule has 5 rings (SSSR count). The van der Waals surface area contributed by atoms with E-state index >= 15 is 0 Å². The number of rotatable bonds is 5. The summed E-state index contributed by atoms with van der Waals surface area (Å²) >= 11 is 1.22. The fraction of sp³-hybridized carbons (Fsp3) is 0.348. The molecule has 0 bridgehead atoms. The van der Waals surface area contributed by atoms with E-state index in [4.69, 9.17) is 0 Å². The van der Waals surface area contributed by atoms with E-state index in [1.54, 1.807) is 11.4 Å². The van der Waals surface area contributed by atoms with Crippen molar-refractivity contribution in [1.29, 1.82) is 0 Å². The highest BCUT2D eigenvalue weighted by molar-refractivity contribution is 7.14. The second-order valence-electron chi connectivity index (χ2n) is 8.69. The molecular formula is C23H25ClFN7O3S. The number of hydrogen-bond acceptors (Lipinski definition) is 7. The van der Waals surface area contributed by atoms with Gasteiger partial charge in [0.2, 0.25) is 5.91 Å². The van der Waals surface area contributed by atoms with Crippen molar-refractivity contribution in [3.8, 4) is 11.3 Å². The largest absolute Gasteiger partial charge is 0.366 e. The van der Waals surface area contributed by atoms with Gasteiger partial charge in [-0.05, 0) is 31.9 Å². The Kier molecular flexibility index (Phi) is 7.01. The van der Waals surface area contributed by atoms with Crippen LogP contribution in [0.3, 0.4) is 0 Å². The summed E-state index contributed by atoms with van der Waals surface area (Å²) in [4.78, 5) is 47.9. The smallest absolute Gasteiger partial charge is 0.332 e. The number of carbonyl (C=O) groups excluding carboxylic acids is 1. The summed E-state index contributed by atoms with van der Waals surface area (Å²) in [5, 5.41) is 4.82. The lowest BCUT2D eigenvalue weighted by Gasteiger charge is -2.24. The number of fused-ring (bicyclic) bond motifs is 1. The maximum absolute atomic E-state index is 14.8. The third-order valence-corrected chi connectivity index (χ3v) is 7.15. The summed E-state index contributed by atoms with van der Waals surface area (Å²) in [7, 11) is 2.89. The maximum atomic E-state index is 14.8. The molecule has 36 heavy (non-hydrogen) atoms. The van der Waals surface area contributed by atoms with E-state index in [0.29, 0.717) is 28.1 Å². The summed E-state index contributed by atoms with van der Waals surface area (Å²) < 4.78 is 18.5. The van der Waals surface area contributed by atoms with Crippen LogP contribution in [0.1, 0.15) is 19.8 Å². The lowest BCUT2D eigenvalue weighted by molar-refractivity contribution is -0.116. The summed E-state index contributed by atoms with van der Waals surface area (Å²) in [6.07, 6.45) is 3.46. The normalized spacial score (nSPS) is 15.3. The average molecular weight is 534 g/mol. The molecule has 4 aromatic rings. The molecule has 0 spiro atoms. The first-order valence-corrected chi connectivity index (χ1v) is 12.1. The Hall–Kier alpha value is -3.51. The predicted molar refractivity (Wildman–Crippen MR) is 140 cm³/mol. The summed E-state index contributed by atoms with van der Waals surface area (Å²) in [5.41, 5.74) is 1.12. The summed E-state index contributed by atoms with van der Waals surface area (Å²) in [5.74, 6) is -0.705. The van der Waals surface area contributed by atoms with Crippen molar-refractivity contribution in [2.75, 3.05) is 16.8 Å². The van der Waals surface area contributed by atoms with Gasteiger partial charge in [-0.15, -0.1) is 23.7 Å². The SMILES string of the molecule is C[C@H]1CCCN1c1ccc(-c2csc(NC(=O)Cn3cnc4c3c(=O)n(C)c(=O)n4C)n2)cc1F.Cl. The number of amides is 1. The van der Waals surface area contributed by atoms with Crippen LogP contribution in [0, 0.1) is 5.82 Å². The molecule has 1 saturated heterocycles. The third kappa shape index (κ3) is 4.42. The van der Waals surface area contributed by atoms with E-state index in [-0.39, 0.29) is 35.9 Å². The lowest BCUT2D eigenvalue weighted by atomic mass is 10.1. The van der Waals surface area contributed by atoms with Gasteiger partial charge in [0.15, 0.2) is 16.3 Å².